The van der Waals surface area contributed by atoms with E-state index in [4.69, 9.17) is 4.74 Å². The molecule has 0 fully saturated rings. The zero-order chi connectivity index (χ0) is 12.0. The smallest absolute Gasteiger partial charge is 0.137 e. The second kappa shape index (κ2) is 6.38. The van der Waals surface area contributed by atoms with Gasteiger partial charge in [-0.25, -0.2) is 4.39 Å². The van der Waals surface area contributed by atoms with Crippen LogP contribution in [0.4, 0.5) is 4.39 Å². The summed E-state index contributed by atoms with van der Waals surface area (Å²) >= 11 is 0. The third kappa shape index (κ3) is 4.11. The van der Waals surface area contributed by atoms with E-state index in [1.807, 2.05) is 6.92 Å². The Labute approximate surface area is 95.4 Å². The van der Waals surface area contributed by atoms with Crippen molar-refractivity contribution in [1.82, 2.24) is 0 Å². The molecule has 0 amide bonds. The van der Waals surface area contributed by atoms with Crippen LogP contribution in [0.3, 0.4) is 0 Å². The van der Waals surface area contributed by atoms with Crippen LogP contribution in [0.2, 0.25) is 0 Å². The summed E-state index contributed by atoms with van der Waals surface area (Å²) in [5, 5.41) is 0. The maximum atomic E-state index is 13.2. The van der Waals surface area contributed by atoms with Crippen molar-refractivity contribution in [3.05, 3.63) is 35.6 Å². The number of benzene rings is 1. The molecule has 0 N–H and O–H groups in total. The van der Waals surface area contributed by atoms with E-state index in [9.17, 15) is 9.18 Å². The number of rotatable bonds is 6. The van der Waals surface area contributed by atoms with E-state index in [1.165, 1.54) is 6.07 Å². The average Bonchev–Trinajstić information content (AvgIpc) is 2.29. The summed E-state index contributed by atoms with van der Waals surface area (Å²) < 4.78 is 18.3. The van der Waals surface area contributed by atoms with Crippen LogP contribution in [0.25, 0.3) is 0 Å². The van der Waals surface area contributed by atoms with Crippen LogP contribution in [0, 0.1) is 5.82 Å². The maximum Gasteiger partial charge on any atom is 0.137 e. The van der Waals surface area contributed by atoms with Crippen LogP contribution in [-0.2, 0) is 16.0 Å². The monoisotopic (exact) mass is 224 g/mol. The highest BCUT2D eigenvalue weighted by atomic mass is 19.1. The topological polar surface area (TPSA) is 26.3 Å². The molecular weight excluding hydrogens is 207 g/mol. The van der Waals surface area contributed by atoms with Crippen molar-refractivity contribution < 1.29 is 13.9 Å². The van der Waals surface area contributed by atoms with Crippen LogP contribution < -0.4 is 0 Å². The molecule has 88 valence electrons. The number of ether oxygens (including phenoxy) is 1. The summed E-state index contributed by atoms with van der Waals surface area (Å²) in [4.78, 5) is 11.6. The Kier molecular flexibility index (Phi) is 5.12. The zero-order valence-corrected chi connectivity index (χ0v) is 9.70. The van der Waals surface area contributed by atoms with E-state index in [-0.39, 0.29) is 24.1 Å². The second-order valence-corrected chi connectivity index (χ2v) is 3.89. The molecule has 3 heteroatoms. The van der Waals surface area contributed by atoms with Crippen LogP contribution in [-0.4, -0.2) is 19.0 Å². The number of hydrogen-bond donors (Lipinski definition) is 0. The Bertz CT molecular complexity index is 350. The summed E-state index contributed by atoms with van der Waals surface area (Å²) in [5.41, 5.74) is 0.470. The first kappa shape index (κ1) is 12.8. The quantitative estimate of drug-likeness (QED) is 0.742. The SMILES string of the molecule is COC(C)CCC(=O)Cc1ccccc1F. The molecule has 0 aliphatic carbocycles. The van der Waals surface area contributed by atoms with E-state index >= 15 is 0 Å². The Morgan fingerprint density at radius 1 is 1.44 bits per heavy atom. The standard InChI is InChI=1S/C13H17FO2/c1-10(16-2)7-8-12(15)9-11-5-3-4-6-13(11)14/h3-6,10H,7-9H2,1-2H3. The molecule has 1 rings (SSSR count). The predicted octanol–water partition coefficient (Wildman–Crippen LogP) is 2.75. The Morgan fingerprint density at radius 2 is 2.12 bits per heavy atom. The van der Waals surface area contributed by atoms with Crippen molar-refractivity contribution in [3.63, 3.8) is 0 Å². The summed E-state index contributed by atoms with van der Waals surface area (Å²) in [7, 11) is 1.62. The highest BCUT2D eigenvalue weighted by molar-refractivity contribution is 5.80. The first-order valence-corrected chi connectivity index (χ1v) is 5.41. The van der Waals surface area contributed by atoms with Gasteiger partial charge in [-0.05, 0) is 25.0 Å². The van der Waals surface area contributed by atoms with Gasteiger partial charge in [-0.1, -0.05) is 18.2 Å². The number of halogens is 1. The summed E-state index contributed by atoms with van der Waals surface area (Å²) in [5.74, 6) is -0.260. The van der Waals surface area contributed by atoms with E-state index in [0.717, 1.165) is 0 Å². The molecule has 1 aromatic rings. The fourth-order valence-corrected chi connectivity index (χ4v) is 1.42. The molecule has 0 saturated carbocycles. The van der Waals surface area contributed by atoms with Crippen LogP contribution in [0.1, 0.15) is 25.3 Å². The van der Waals surface area contributed by atoms with Gasteiger partial charge in [0.2, 0.25) is 0 Å². The van der Waals surface area contributed by atoms with Crippen molar-refractivity contribution in [2.24, 2.45) is 0 Å². The van der Waals surface area contributed by atoms with Crippen LogP contribution in [0.15, 0.2) is 24.3 Å². The first-order chi connectivity index (χ1) is 7.63. The number of Topliss-reactive ketones (excluding diaryl/α,β-unsaturated/α-hetero) is 1. The average molecular weight is 224 g/mol. The normalized spacial score (nSPS) is 12.4. The number of ketones is 1. The lowest BCUT2D eigenvalue weighted by Gasteiger charge is -2.08. The Hall–Kier alpha value is -1.22. The summed E-state index contributed by atoms with van der Waals surface area (Å²) in [6.07, 6.45) is 1.36. The van der Waals surface area contributed by atoms with Gasteiger partial charge in [0.25, 0.3) is 0 Å². The zero-order valence-electron chi connectivity index (χ0n) is 9.70. The highest BCUT2D eigenvalue weighted by Gasteiger charge is 2.09. The van der Waals surface area contributed by atoms with E-state index in [0.29, 0.717) is 18.4 Å². The molecular formula is C13H17FO2. The van der Waals surface area contributed by atoms with E-state index < -0.39 is 0 Å². The van der Waals surface area contributed by atoms with Gasteiger partial charge in [0, 0.05) is 20.0 Å². The van der Waals surface area contributed by atoms with Crippen molar-refractivity contribution in [2.45, 2.75) is 32.3 Å². The van der Waals surface area contributed by atoms with Gasteiger partial charge in [0.15, 0.2) is 0 Å². The van der Waals surface area contributed by atoms with Crippen molar-refractivity contribution in [3.8, 4) is 0 Å². The van der Waals surface area contributed by atoms with Crippen molar-refractivity contribution >= 4 is 5.78 Å². The van der Waals surface area contributed by atoms with Crippen molar-refractivity contribution in [2.75, 3.05) is 7.11 Å². The molecule has 16 heavy (non-hydrogen) atoms. The molecule has 0 radical (unpaired) electrons. The molecule has 1 aromatic carbocycles. The minimum Gasteiger partial charge on any atom is -0.382 e. The Balaban J connectivity index is 2.43. The second-order valence-electron chi connectivity index (χ2n) is 3.89. The minimum atomic E-state index is -0.310. The van der Waals surface area contributed by atoms with Crippen LogP contribution >= 0.6 is 0 Å². The van der Waals surface area contributed by atoms with E-state index in [2.05, 4.69) is 0 Å². The summed E-state index contributed by atoms with van der Waals surface area (Å²) in [6, 6.07) is 6.38. The van der Waals surface area contributed by atoms with Crippen LogP contribution in [0.5, 0.6) is 0 Å². The third-order valence-electron chi connectivity index (χ3n) is 2.58. The first-order valence-electron chi connectivity index (χ1n) is 5.41. The summed E-state index contributed by atoms with van der Waals surface area (Å²) in [6.45, 7) is 1.91. The molecule has 2 nitrogen and oxygen atoms in total. The lowest BCUT2D eigenvalue weighted by atomic mass is 10.0. The molecule has 1 unspecified atom stereocenters. The molecule has 0 aliphatic heterocycles. The lowest BCUT2D eigenvalue weighted by Crippen LogP contribution is -2.10. The molecule has 0 heterocycles. The minimum absolute atomic E-state index is 0.0500. The van der Waals surface area contributed by atoms with Gasteiger partial charge in [0.05, 0.1) is 6.10 Å². The Morgan fingerprint density at radius 3 is 2.75 bits per heavy atom. The molecule has 0 aromatic heterocycles. The number of carbonyl (C=O) groups is 1. The largest absolute Gasteiger partial charge is 0.382 e. The number of hydrogen-bond acceptors (Lipinski definition) is 2. The van der Waals surface area contributed by atoms with Gasteiger partial charge in [-0.3, -0.25) is 4.79 Å². The van der Waals surface area contributed by atoms with Gasteiger partial charge in [0.1, 0.15) is 11.6 Å². The van der Waals surface area contributed by atoms with Gasteiger partial charge in [-0.2, -0.15) is 0 Å². The molecule has 0 aliphatic rings. The van der Waals surface area contributed by atoms with Crippen molar-refractivity contribution in [1.29, 1.82) is 0 Å². The third-order valence-corrected chi connectivity index (χ3v) is 2.58. The van der Waals surface area contributed by atoms with Gasteiger partial charge < -0.3 is 4.74 Å². The molecule has 0 bridgehead atoms. The lowest BCUT2D eigenvalue weighted by molar-refractivity contribution is -0.119. The predicted molar refractivity (Wildman–Crippen MR) is 60.8 cm³/mol. The van der Waals surface area contributed by atoms with Gasteiger partial charge >= 0.3 is 0 Å². The fourth-order valence-electron chi connectivity index (χ4n) is 1.42. The molecule has 1 atom stereocenters. The maximum absolute atomic E-state index is 13.2. The number of carbonyl (C=O) groups excluding carboxylic acids is 1. The van der Waals surface area contributed by atoms with E-state index in [1.54, 1.807) is 25.3 Å². The highest BCUT2D eigenvalue weighted by Crippen LogP contribution is 2.10. The fraction of sp³-hybridized carbons (Fsp3) is 0.462. The molecule has 0 saturated heterocycles. The number of methoxy groups -OCH3 is 1. The van der Waals surface area contributed by atoms with Gasteiger partial charge in [-0.15, -0.1) is 0 Å². The molecule has 0 spiro atoms.